The summed E-state index contributed by atoms with van der Waals surface area (Å²) in [4.78, 5) is 15.1. The van der Waals surface area contributed by atoms with E-state index in [0.717, 1.165) is 45.5 Å². The summed E-state index contributed by atoms with van der Waals surface area (Å²) in [6.07, 6.45) is 3.33. The van der Waals surface area contributed by atoms with Crippen molar-refractivity contribution in [2.45, 2.75) is 31.7 Å². The van der Waals surface area contributed by atoms with Crippen molar-refractivity contribution in [3.8, 4) is 11.5 Å². The lowest BCUT2D eigenvalue weighted by atomic mass is 10.0. The normalized spacial score (nSPS) is 17.8. The molecule has 4 N–H and O–H groups in total. The molecular formula is C18H26ClN3O4. The van der Waals surface area contributed by atoms with Gasteiger partial charge in [0.05, 0.1) is 12.3 Å². The molecule has 0 bridgehead atoms. The van der Waals surface area contributed by atoms with Crippen LogP contribution in [-0.2, 0) is 11.2 Å². The molecule has 3 rings (SSSR count). The highest BCUT2D eigenvalue weighted by molar-refractivity contribution is 6.35. The molecule has 7 nitrogen and oxygen atoms in total. The Hall–Kier alpha value is -1.70. The van der Waals surface area contributed by atoms with Crippen LogP contribution in [0.25, 0.3) is 0 Å². The number of carbonyl (C=O) groups excluding carboxylic acids is 1. The highest BCUT2D eigenvalue weighted by Gasteiger charge is 2.31. The van der Waals surface area contributed by atoms with Crippen LogP contribution in [-0.4, -0.2) is 61.9 Å². The third-order valence-electron chi connectivity index (χ3n) is 5.08. The smallest absolute Gasteiger partial charge is 0.259 e. The number of hydrogen-bond acceptors (Lipinski definition) is 6. The fraction of sp³-hybridized carbons (Fsp3) is 0.611. The Morgan fingerprint density at radius 2 is 2.19 bits per heavy atom. The number of amides is 1. The molecule has 0 atom stereocenters. The molecule has 1 saturated heterocycles. The van der Waals surface area contributed by atoms with E-state index in [0.29, 0.717) is 24.3 Å². The number of phenols is 1. The first-order valence-corrected chi connectivity index (χ1v) is 9.38. The quantitative estimate of drug-likeness (QED) is 0.512. The van der Waals surface area contributed by atoms with Crippen molar-refractivity contribution in [1.29, 1.82) is 0 Å². The zero-order valence-electron chi connectivity index (χ0n) is 15.0. The molecule has 2 aliphatic rings. The monoisotopic (exact) mass is 383 g/mol. The van der Waals surface area contributed by atoms with Crippen molar-refractivity contribution in [3.05, 3.63) is 16.1 Å². The zero-order chi connectivity index (χ0) is 18.7. The molecule has 26 heavy (non-hydrogen) atoms. The average Bonchev–Trinajstić information content (AvgIpc) is 3.11. The van der Waals surface area contributed by atoms with Gasteiger partial charge in [0, 0.05) is 51.4 Å². The SMILES string of the molecule is COCCCN1CCC(NC(=O)c2c(O)c(Cl)c(N)c3c2OCC3)CC1. The number of likely N-dealkylation sites (tertiary alicyclic amines) is 1. The van der Waals surface area contributed by atoms with Crippen molar-refractivity contribution in [3.63, 3.8) is 0 Å². The maximum absolute atomic E-state index is 12.8. The van der Waals surface area contributed by atoms with Gasteiger partial charge >= 0.3 is 0 Å². The molecule has 1 fully saturated rings. The van der Waals surface area contributed by atoms with Crippen LogP contribution in [0.4, 0.5) is 5.69 Å². The summed E-state index contributed by atoms with van der Waals surface area (Å²) in [6.45, 7) is 4.05. The van der Waals surface area contributed by atoms with Crippen LogP contribution in [0.2, 0.25) is 5.02 Å². The van der Waals surface area contributed by atoms with Crippen LogP contribution in [0.3, 0.4) is 0 Å². The second-order valence-corrected chi connectivity index (χ2v) is 7.17. The van der Waals surface area contributed by atoms with Crippen molar-refractivity contribution in [2.24, 2.45) is 0 Å². The van der Waals surface area contributed by atoms with E-state index in [4.69, 9.17) is 26.8 Å². The number of carbonyl (C=O) groups is 1. The van der Waals surface area contributed by atoms with Gasteiger partial charge in [0.25, 0.3) is 5.91 Å². The lowest BCUT2D eigenvalue weighted by molar-refractivity contribution is 0.0901. The molecule has 144 valence electrons. The Kier molecular flexibility index (Phi) is 6.11. The minimum absolute atomic E-state index is 0.0207. The number of piperidine rings is 1. The van der Waals surface area contributed by atoms with Crippen LogP contribution in [0.1, 0.15) is 35.2 Å². The number of benzene rings is 1. The first-order chi connectivity index (χ1) is 12.5. The van der Waals surface area contributed by atoms with Crippen molar-refractivity contribution in [1.82, 2.24) is 10.2 Å². The van der Waals surface area contributed by atoms with Gasteiger partial charge in [-0.25, -0.2) is 0 Å². The summed E-state index contributed by atoms with van der Waals surface area (Å²) in [5.41, 5.74) is 7.02. The second kappa shape index (κ2) is 8.33. The van der Waals surface area contributed by atoms with Gasteiger partial charge in [-0.15, -0.1) is 0 Å². The fourth-order valence-electron chi connectivity index (χ4n) is 3.61. The van der Waals surface area contributed by atoms with Crippen molar-refractivity contribution in [2.75, 3.05) is 45.7 Å². The molecule has 0 saturated carbocycles. The summed E-state index contributed by atoms with van der Waals surface area (Å²) in [6, 6.07) is 0.0638. The maximum atomic E-state index is 12.8. The summed E-state index contributed by atoms with van der Waals surface area (Å²) in [5, 5.41) is 13.4. The molecule has 1 aromatic rings. The van der Waals surface area contributed by atoms with E-state index in [9.17, 15) is 9.90 Å². The number of nitrogen functional groups attached to an aromatic ring is 1. The number of hydrogen-bond donors (Lipinski definition) is 3. The summed E-state index contributed by atoms with van der Waals surface area (Å²) < 4.78 is 10.6. The number of anilines is 1. The number of nitrogens with two attached hydrogens (primary N) is 1. The molecule has 0 aliphatic carbocycles. The van der Waals surface area contributed by atoms with Gasteiger partial charge in [0.2, 0.25) is 0 Å². The van der Waals surface area contributed by atoms with Crippen LogP contribution < -0.4 is 15.8 Å². The Morgan fingerprint density at radius 1 is 1.46 bits per heavy atom. The molecule has 0 spiro atoms. The van der Waals surface area contributed by atoms with E-state index < -0.39 is 0 Å². The maximum Gasteiger partial charge on any atom is 0.259 e. The van der Waals surface area contributed by atoms with Gasteiger partial charge in [0.1, 0.15) is 16.3 Å². The molecule has 0 aromatic heterocycles. The zero-order valence-corrected chi connectivity index (χ0v) is 15.8. The molecule has 2 aliphatic heterocycles. The predicted octanol–water partition coefficient (Wildman–Crippen LogP) is 1.79. The lowest BCUT2D eigenvalue weighted by Crippen LogP contribution is -2.45. The lowest BCUT2D eigenvalue weighted by Gasteiger charge is -2.32. The van der Waals surface area contributed by atoms with Crippen LogP contribution in [0, 0.1) is 0 Å². The van der Waals surface area contributed by atoms with E-state index in [-0.39, 0.29) is 34.0 Å². The van der Waals surface area contributed by atoms with E-state index in [1.54, 1.807) is 7.11 Å². The molecule has 0 unspecified atom stereocenters. The number of rotatable bonds is 6. The molecule has 1 amide bonds. The molecular weight excluding hydrogens is 358 g/mol. The van der Waals surface area contributed by atoms with Gasteiger partial charge in [0.15, 0.2) is 5.75 Å². The Labute approximate surface area is 158 Å². The Balaban J connectivity index is 1.63. The topological polar surface area (TPSA) is 97.0 Å². The van der Waals surface area contributed by atoms with Crippen LogP contribution >= 0.6 is 11.6 Å². The van der Waals surface area contributed by atoms with E-state index in [1.165, 1.54) is 0 Å². The van der Waals surface area contributed by atoms with Crippen LogP contribution in [0.5, 0.6) is 11.5 Å². The largest absolute Gasteiger partial charge is 0.505 e. The second-order valence-electron chi connectivity index (χ2n) is 6.79. The fourth-order valence-corrected chi connectivity index (χ4v) is 3.82. The number of ether oxygens (including phenoxy) is 2. The number of methoxy groups -OCH3 is 1. The van der Waals surface area contributed by atoms with Crippen molar-refractivity contribution >= 4 is 23.2 Å². The van der Waals surface area contributed by atoms with E-state index in [2.05, 4.69) is 10.2 Å². The molecule has 0 radical (unpaired) electrons. The van der Waals surface area contributed by atoms with Gasteiger partial charge < -0.3 is 30.5 Å². The molecule has 2 heterocycles. The number of fused-ring (bicyclic) bond motifs is 1. The molecule has 8 heteroatoms. The summed E-state index contributed by atoms with van der Waals surface area (Å²) in [7, 11) is 1.71. The minimum Gasteiger partial charge on any atom is -0.505 e. The Morgan fingerprint density at radius 3 is 2.88 bits per heavy atom. The number of aromatic hydroxyl groups is 1. The third kappa shape index (κ3) is 3.84. The van der Waals surface area contributed by atoms with Gasteiger partial charge in [-0.2, -0.15) is 0 Å². The third-order valence-corrected chi connectivity index (χ3v) is 5.46. The Bertz CT molecular complexity index is 675. The first-order valence-electron chi connectivity index (χ1n) is 9.00. The molecule has 1 aromatic carbocycles. The van der Waals surface area contributed by atoms with Crippen LogP contribution in [0.15, 0.2) is 0 Å². The number of halogens is 1. The highest BCUT2D eigenvalue weighted by atomic mass is 35.5. The van der Waals surface area contributed by atoms with Gasteiger partial charge in [-0.3, -0.25) is 4.79 Å². The van der Waals surface area contributed by atoms with E-state index in [1.807, 2.05) is 0 Å². The number of phenolic OH excluding ortho intramolecular Hbond substituents is 1. The van der Waals surface area contributed by atoms with Crippen molar-refractivity contribution < 1.29 is 19.4 Å². The first kappa shape index (κ1) is 19.1. The standard InChI is InChI=1S/C18H26ClN3O4/c1-25-9-2-6-22-7-3-11(4-8-22)21-18(24)13-16(23)14(19)15(20)12-5-10-26-17(12)13/h11,23H,2-10,20H2,1H3,(H,21,24). The predicted molar refractivity (Wildman–Crippen MR) is 100 cm³/mol. The summed E-state index contributed by atoms with van der Waals surface area (Å²) in [5.74, 6) is -0.307. The summed E-state index contributed by atoms with van der Waals surface area (Å²) >= 11 is 6.11. The van der Waals surface area contributed by atoms with E-state index >= 15 is 0 Å². The van der Waals surface area contributed by atoms with Gasteiger partial charge in [-0.05, 0) is 19.3 Å². The average molecular weight is 384 g/mol. The highest BCUT2D eigenvalue weighted by Crippen LogP contribution is 2.45. The van der Waals surface area contributed by atoms with Gasteiger partial charge in [-0.1, -0.05) is 11.6 Å². The number of nitrogens with zero attached hydrogens (tertiary/aromatic N) is 1. The number of nitrogens with one attached hydrogen (secondary N) is 1. The minimum atomic E-state index is -0.361.